The summed E-state index contributed by atoms with van der Waals surface area (Å²) in [6, 6.07) is 15.2. The molecule has 0 spiro atoms. The second kappa shape index (κ2) is 7.79. The third-order valence-electron chi connectivity index (χ3n) is 4.58. The Morgan fingerprint density at radius 3 is 2.54 bits per heavy atom. The number of amides is 2. The number of nitrogens with one attached hydrogen (secondary N) is 1. The van der Waals surface area contributed by atoms with Crippen molar-refractivity contribution in [3.05, 3.63) is 59.1 Å². The van der Waals surface area contributed by atoms with E-state index in [4.69, 9.17) is 11.6 Å². The van der Waals surface area contributed by atoms with Crippen molar-refractivity contribution >= 4 is 34.8 Å². The molecule has 6 heteroatoms. The van der Waals surface area contributed by atoms with Gasteiger partial charge in [-0.15, -0.1) is 0 Å². The standard InChI is InChI=1S/C20H22ClN3O2/c1-23(2)16-7-9-17(10-8-16)24-13-15(11-19(24)25)20(26)22-12-14-5-3-4-6-18(14)21/h3-10,15H,11-13H2,1-2H3,(H,22,26). The van der Waals surface area contributed by atoms with Crippen LogP contribution in [0.15, 0.2) is 48.5 Å². The maximum Gasteiger partial charge on any atom is 0.227 e. The molecule has 0 aromatic heterocycles. The van der Waals surface area contributed by atoms with E-state index in [1.165, 1.54) is 0 Å². The van der Waals surface area contributed by atoms with Crippen LogP contribution in [0.3, 0.4) is 0 Å². The van der Waals surface area contributed by atoms with E-state index in [1.54, 1.807) is 11.0 Å². The van der Waals surface area contributed by atoms with Gasteiger partial charge in [-0.25, -0.2) is 0 Å². The van der Waals surface area contributed by atoms with Gasteiger partial charge in [0.1, 0.15) is 0 Å². The number of carbonyl (C=O) groups is 2. The summed E-state index contributed by atoms with van der Waals surface area (Å²) in [6.45, 7) is 0.759. The zero-order valence-corrected chi connectivity index (χ0v) is 15.7. The van der Waals surface area contributed by atoms with Crippen molar-refractivity contribution in [1.82, 2.24) is 5.32 Å². The fourth-order valence-electron chi connectivity index (χ4n) is 3.03. The maximum atomic E-state index is 12.5. The van der Waals surface area contributed by atoms with Crippen LogP contribution in [0, 0.1) is 5.92 Å². The Morgan fingerprint density at radius 1 is 1.19 bits per heavy atom. The highest BCUT2D eigenvalue weighted by Crippen LogP contribution is 2.27. The van der Waals surface area contributed by atoms with Gasteiger partial charge in [-0.2, -0.15) is 0 Å². The fraction of sp³-hybridized carbons (Fsp3) is 0.300. The van der Waals surface area contributed by atoms with E-state index in [1.807, 2.05) is 61.5 Å². The zero-order chi connectivity index (χ0) is 18.7. The summed E-state index contributed by atoms with van der Waals surface area (Å²) in [5.41, 5.74) is 2.75. The molecule has 1 aliphatic heterocycles. The number of halogens is 1. The molecule has 1 unspecified atom stereocenters. The highest BCUT2D eigenvalue weighted by Gasteiger charge is 2.35. The van der Waals surface area contributed by atoms with Crippen molar-refractivity contribution < 1.29 is 9.59 Å². The first kappa shape index (κ1) is 18.3. The van der Waals surface area contributed by atoms with Crippen LogP contribution in [-0.2, 0) is 16.1 Å². The van der Waals surface area contributed by atoms with Crippen molar-refractivity contribution in [2.75, 3.05) is 30.4 Å². The molecule has 1 saturated heterocycles. The summed E-state index contributed by atoms with van der Waals surface area (Å²) >= 11 is 6.11. The summed E-state index contributed by atoms with van der Waals surface area (Å²) < 4.78 is 0. The van der Waals surface area contributed by atoms with E-state index >= 15 is 0 Å². The molecule has 2 amide bonds. The Labute approximate surface area is 158 Å². The van der Waals surface area contributed by atoms with E-state index in [9.17, 15) is 9.59 Å². The van der Waals surface area contributed by atoms with Crippen molar-refractivity contribution in [3.63, 3.8) is 0 Å². The number of rotatable bonds is 5. The predicted octanol–water partition coefficient (Wildman–Crippen LogP) is 3.08. The highest BCUT2D eigenvalue weighted by atomic mass is 35.5. The number of anilines is 2. The average molecular weight is 372 g/mol. The first-order valence-corrected chi connectivity index (χ1v) is 8.92. The molecule has 26 heavy (non-hydrogen) atoms. The molecule has 0 saturated carbocycles. The Morgan fingerprint density at radius 2 is 1.88 bits per heavy atom. The largest absolute Gasteiger partial charge is 0.378 e. The second-order valence-corrected chi connectivity index (χ2v) is 7.03. The molecule has 2 aromatic carbocycles. The molecule has 2 aromatic rings. The summed E-state index contributed by atoms with van der Waals surface area (Å²) in [5.74, 6) is -0.496. The molecule has 1 heterocycles. The molecule has 1 N–H and O–H groups in total. The van der Waals surface area contributed by atoms with Gasteiger partial charge in [0.2, 0.25) is 11.8 Å². The van der Waals surface area contributed by atoms with Gasteiger partial charge in [0.05, 0.1) is 5.92 Å². The Bertz CT molecular complexity index is 805. The van der Waals surface area contributed by atoms with Crippen LogP contribution < -0.4 is 15.1 Å². The van der Waals surface area contributed by atoms with Crippen molar-refractivity contribution in [2.45, 2.75) is 13.0 Å². The molecule has 1 fully saturated rings. The van der Waals surface area contributed by atoms with E-state index in [-0.39, 0.29) is 24.2 Å². The lowest BCUT2D eigenvalue weighted by Gasteiger charge is -2.19. The molecule has 0 bridgehead atoms. The van der Waals surface area contributed by atoms with Crippen molar-refractivity contribution in [2.24, 2.45) is 5.92 Å². The molecule has 0 aliphatic carbocycles. The minimum atomic E-state index is -0.349. The molecule has 0 radical (unpaired) electrons. The van der Waals surface area contributed by atoms with Gasteiger partial charge in [0.25, 0.3) is 0 Å². The zero-order valence-electron chi connectivity index (χ0n) is 14.9. The van der Waals surface area contributed by atoms with E-state index in [2.05, 4.69) is 5.32 Å². The lowest BCUT2D eigenvalue weighted by molar-refractivity contribution is -0.126. The maximum absolute atomic E-state index is 12.5. The summed E-state index contributed by atoms with van der Waals surface area (Å²) in [5, 5.41) is 3.51. The fourth-order valence-corrected chi connectivity index (χ4v) is 3.23. The SMILES string of the molecule is CN(C)c1ccc(N2CC(C(=O)NCc3ccccc3Cl)CC2=O)cc1. The normalized spacial score (nSPS) is 16.7. The van der Waals surface area contributed by atoms with Gasteiger partial charge >= 0.3 is 0 Å². The number of hydrogen-bond acceptors (Lipinski definition) is 3. The van der Waals surface area contributed by atoms with Crippen LogP contribution >= 0.6 is 11.6 Å². The van der Waals surface area contributed by atoms with Crippen LogP contribution in [0.2, 0.25) is 5.02 Å². The molecule has 1 aliphatic rings. The second-order valence-electron chi connectivity index (χ2n) is 6.63. The number of hydrogen-bond donors (Lipinski definition) is 1. The Balaban J connectivity index is 1.61. The molecule has 3 rings (SSSR count). The van der Waals surface area contributed by atoms with E-state index in [0.29, 0.717) is 18.1 Å². The average Bonchev–Trinajstić information content (AvgIpc) is 3.02. The van der Waals surface area contributed by atoms with Crippen LogP contribution in [-0.4, -0.2) is 32.5 Å². The topological polar surface area (TPSA) is 52.6 Å². The summed E-state index contributed by atoms with van der Waals surface area (Å²) in [7, 11) is 3.94. The number of carbonyl (C=O) groups excluding carboxylic acids is 2. The molecule has 136 valence electrons. The first-order valence-electron chi connectivity index (χ1n) is 8.54. The first-order chi connectivity index (χ1) is 12.5. The lowest BCUT2D eigenvalue weighted by atomic mass is 10.1. The Hall–Kier alpha value is -2.53. The van der Waals surface area contributed by atoms with E-state index < -0.39 is 0 Å². The quantitative estimate of drug-likeness (QED) is 0.878. The monoisotopic (exact) mass is 371 g/mol. The molecule has 5 nitrogen and oxygen atoms in total. The Kier molecular flexibility index (Phi) is 5.47. The van der Waals surface area contributed by atoms with Crippen LogP contribution in [0.25, 0.3) is 0 Å². The third kappa shape index (κ3) is 3.99. The molecule has 1 atom stereocenters. The predicted molar refractivity (Wildman–Crippen MR) is 105 cm³/mol. The van der Waals surface area contributed by atoms with Crippen molar-refractivity contribution in [1.29, 1.82) is 0 Å². The van der Waals surface area contributed by atoms with Gasteiger partial charge in [-0.05, 0) is 35.9 Å². The minimum absolute atomic E-state index is 0.0273. The van der Waals surface area contributed by atoms with Gasteiger partial charge in [-0.3, -0.25) is 9.59 Å². The van der Waals surface area contributed by atoms with Crippen molar-refractivity contribution in [3.8, 4) is 0 Å². The highest BCUT2D eigenvalue weighted by molar-refractivity contribution is 6.31. The van der Waals surface area contributed by atoms with Crippen LogP contribution in [0.5, 0.6) is 0 Å². The molecular weight excluding hydrogens is 350 g/mol. The third-order valence-corrected chi connectivity index (χ3v) is 4.95. The van der Waals surface area contributed by atoms with Crippen LogP contribution in [0.4, 0.5) is 11.4 Å². The van der Waals surface area contributed by atoms with Gasteiger partial charge in [-0.1, -0.05) is 29.8 Å². The van der Waals surface area contributed by atoms with Gasteiger partial charge in [0.15, 0.2) is 0 Å². The number of nitrogens with zero attached hydrogens (tertiary/aromatic N) is 2. The summed E-state index contributed by atoms with van der Waals surface area (Å²) in [4.78, 5) is 28.5. The van der Waals surface area contributed by atoms with Gasteiger partial charge < -0.3 is 15.1 Å². The summed E-state index contributed by atoms with van der Waals surface area (Å²) in [6.07, 6.45) is 0.226. The molecular formula is C20H22ClN3O2. The lowest BCUT2D eigenvalue weighted by Crippen LogP contribution is -2.32. The van der Waals surface area contributed by atoms with E-state index in [0.717, 1.165) is 16.9 Å². The van der Waals surface area contributed by atoms with Crippen LogP contribution in [0.1, 0.15) is 12.0 Å². The minimum Gasteiger partial charge on any atom is -0.378 e. The number of benzene rings is 2. The smallest absolute Gasteiger partial charge is 0.227 e. The van der Waals surface area contributed by atoms with Gasteiger partial charge in [0, 0.05) is 50.0 Å².